The molecular weight excluding hydrogens is 368 g/mol. The summed E-state index contributed by atoms with van der Waals surface area (Å²) < 4.78 is 15.9. The van der Waals surface area contributed by atoms with Crippen LogP contribution in [0.1, 0.15) is 22.0 Å². The maximum atomic E-state index is 11.4. The fourth-order valence-corrected chi connectivity index (χ4v) is 3.02. The van der Waals surface area contributed by atoms with Crippen molar-refractivity contribution in [1.29, 1.82) is 0 Å². The fraction of sp³-hybridized carbons (Fsp3) is 0.350. The molecule has 2 aromatic carbocycles. The van der Waals surface area contributed by atoms with Crippen LogP contribution in [0.25, 0.3) is 0 Å². The van der Waals surface area contributed by atoms with E-state index in [0.29, 0.717) is 22.6 Å². The summed E-state index contributed by atoms with van der Waals surface area (Å²) in [6.07, 6.45) is -6.03. The van der Waals surface area contributed by atoms with Crippen LogP contribution in [-0.2, 0) is 9.47 Å². The minimum Gasteiger partial charge on any atom is -0.465 e. The summed E-state index contributed by atoms with van der Waals surface area (Å²) in [6.45, 7) is -0.482. The number of carbonyl (C=O) groups is 1. The lowest BCUT2D eigenvalue weighted by molar-refractivity contribution is -0.231. The molecule has 8 heteroatoms. The van der Waals surface area contributed by atoms with Gasteiger partial charge in [0.1, 0.15) is 42.0 Å². The number of rotatable bonds is 5. The second kappa shape index (κ2) is 8.68. The average Bonchev–Trinajstić information content (AvgIpc) is 2.73. The first-order valence-electron chi connectivity index (χ1n) is 8.71. The van der Waals surface area contributed by atoms with Gasteiger partial charge < -0.3 is 34.6 Å². The van der Waals surface area contributed by atoms with Gasteiger partial charge in [-0.15, -0.1) is 0 Å². The van der Waals surface area contributed by atoms with Gasteiger partial charge in [0, 0.05) is 0 Å². The van der Waals surface area contributed by atoms with Crippen molar-refractivity contribution in [2.45, 2.75) is 30.5 Å². The molecule has 8 nitrogen and oxygen atoms in total. The van der Waals surface area contributed by atoms with Crippen molar-refractivity contribution in [3.05, 3.63) is 59.7 Å². The number of carbonyl (C=O) groups excluding carboxylic acids is 1. The second-order valence-corrected chi connectivity index (χ2v) is 6.44. The van der Waals surface area contributed by atoms with E-state index in [2.05, 4.69) is 4.74 Å². The van der Waals surface area contributed by atoms with Crippen molar-refractivity contribution in [2.24, 2.45) is 0 Å². The SMILES string of the molecule is COC(=O)c1ccc(Oc2ccc(C3OC(CO)C(O)C(O)C3O)cc2)cc1. The second-order valence-electron chi connectivity index (χ2n) is 6.44. The van der Waals surface area contributed by atoms with Crippen LogP contribution in [0.3, 0.4) is 0 Å². The number of aliphatic hydroxyl groups excluding tert-OH is 4. The largest absolute Gasteiger partial charge is 0.465 e. The number of benzene rings is 2. The van der Waals surface area contributed by atoms with E-state index < -0.39 is 43.1 Å². The molecule has 150 valence electrons. The van der Waals surface area contributed by atoms with Crippen LogP contribution in [0.15, 0.2) is 48.5 Å². The monoisotopic (exact) mass is 390 g/mol. The topological polar surface area (TPSA) is 126 Å². The molecule has 0 aromatic heterocycles. The molecule has 2 aromatic rings. The third-order valence-corrected chi connectivity index (χ3v) is 4.61. The molecule has 1 saturated heterocycles. The van der Waals surface area contributed by atoms with Crippen LogP contribution < -0.4 is 4.74 Å². The minimum absolute atomic E-state index is 0.410. The Labute approximate surface area is 161 Å². The predicted octanol–water partition coefficient (Wildman–Crippen LogP) is 0.780. The zero-order chi connectivity index (χ0) is 20.3. The van der Waals surface area contributed by atoms with Crippen molar-refractivity contribution >= 4 is 5.97 Å². The van der Waals surface area contributed by atoms with Crippen molar-refractivity contribution in [1.82, 2.24) is 0 Å². The molecule has 1 aliphatic rings. The summed E-state index contributed by atoms with van der Waals surface area (Å²) in [5, 5.41) is 39.2. The van der Waals surface area contributed by atoms with Crippen LogP contribution in [0.5, 0.6) is 11.5 Å². The van der Waals surface area contributed by atoms with Gasteiger partial charge in [-0.25, -0.2) is 4.79 Å². The first-order chi connectivity index (χ1) is 13.4. The third-order valence-electron chi connectivity index (χ3n) is 4.61. The molecule has 28 heavy (non-hydrogen) atoms. The van der Waals surface area contributed by atoms with Crippen LogP contribution in [-0.4, -0.2) is 64.5 Å². The molecule has 4 N–H and O–H groups in total. The van der Waals surface area contributed by atoms with Gasteiger partial charge in [0.15, 0.2) is 0 Å². The van der Waals surface area contributed by atoms with Gasteiger partial charge in [0.2, 0.25) is 0 Å². The number of methoxy groups -OCH3 is 1. The zero-order valence-electron chi connectivity index (χ0n) is 15.1. The quantitative estimate of drug-likeness (QED) is 0.552. The summed E-state index contributed by atoms with van der Waals surface area (Å²) in [6, 6.07) is 13.1. The van der Waals surface area contributed by atoms with E-state index in [4.69, 9.17) is 9.47 Å². The third kappa shape index (κ3) is 4.16. The van der Waals surface area contributed by atoms with Crippen LogP contribution in [0, 0.1) is 0 Å². The number of esters is 1. The Hall–Kier alpha value is -2.49. The van der Waals surface area contributed by atoms with Gasteiger partial charge in [-0.05, 0) is 42.0 Å². The van der Waals surface area contributed by atoms with Crippen molar-refractivity contribution in [2.75, 3.05) is 13.7 Å². The summed E-state index contributed by atoms with van der Waals surface area (Å²) in [5.41, 5.74) is 0.970. The lowest BCUT2D eigenvalue weighted by atomic mass is 9.91. The van der Waals surface area contributed by atoms with E-state index in [1.165, 1.54) is 7.11 Å². The van der Waals surface area contributed by atoms with Crippen LogP contribution >= 0.6 is 0 Å². The van der Waals surface area contributed by atoms with Gasteiger partial charge in [0.05, 0.1) is 19.3 Å². The minimum atomic E-state index is -1.43. The van der Waals surface area contributed by atoms with Crippen molar-refractivity contribution in [3.8, 4) is 11.5 Å². The molecule has 5 atom stereocenters. The lowest BCUT2D eigenvalue weighted by Gasteiger charge is -2.40. The standard InChI is InChI=1S/C20H22O8/c1-26-20(25)12-4-8-14(9-5-12)27-13-6-2-11(3-7-13)19-18(24)17(23)16(22)15(10-21)28-19/h2-9,15-19,21-24H,10H2,1H3. The normalized spacial score (nSPS) is 27.2. The number of hydrogen-bond donors (Lipinski definition) is 4. The molecule has 0 radical (unpaired) electrons. The highest BCUT2D eigenvalue weighted by molar-refractivity contribution is 5.89. The van der Waals surface area contributed by atoms with E-state index >= 15 is 0 Å². The maximum absolute atomic E-state index is 11.4. The van der Waals surface area contributed by atoms with E-state index in [9.17, 15) is 25.2 Å². The van der Waals surface area contributed by atoms with Crippen molar-refractivity contribution < 1.29 is 39.4 Å². The Kier molecular flexibility index (Phi) is 6.28. The van der Waals surface area contributed by atoms with Gasteiger partial charge in [-0.2, -0.15) is 0 Å². The Morgan fingerprint density at radius 2 is 1.50 bits per heavy atom. The molecular formula is C20H22O8. The first kappa shape index (κ1) is 20.2. The highest BCUT2D eigenvalue weighted by Crippen LogP contribution is 2.33. The molecule has 5 unspecified atom stereocenters. The maximum Gasteiger partial charge on any atom is 0.337 e. The van der Waals surface area contributed by atoms with E-state index in [-0.39, 0.29) is 0 Å². The van der Waals surface area contributed by atoms with Crippen LogP contribution in [0.2, 0.25) is 0 Å². The van der Waals surface area contributed by atoms with Gasteiger partial charge >= 0.3 is 5.97 Å². The summed E-state index contributed by atoms with van der Waals surface area (Å²) in [4.78, 5) is 11.4. The van der Waals surface area contributed by atoms with Gasteiger partial charge in [0.25, 0.3) is 0 Å². The number of ether oxygens (including phenoxy) is 3. The van der Waals surface area contributed by atoms with Crippen molar-refractivity contribution in [3.63, 3.8) is 0 Å². The summed E-state index contributed by atoms with van der Waals surface area (Å²) in [7, 11) is 1.31. The predicted molar refractivity (Wildman–Crippen MR) is 97.0 cm³/mol. The summed E-state index contributed by atoms with van der Waals surface area (Å²) >= 11 is 0. The average molecular weight is 390 g/mol. The molecule has 0 spiro atoms. The van der Waals surface area contributed by atoms with Gasteiger partial charge in [-0.3, -0.25) is 0 Å². The number of hydrogen-bond acceptors (Lipinski definition) is 8. The smallest absolute Gasteiger partial charge is 0.337 e. The van der Waals surface area contributed by atoms with E-state index in [0.717, 1.165) is 0 Å². The Morgan fingerprint density at radius 3 is 2.04 bits per heavy atom. The first-order valence-corrected chi connectivity index (χ1v) is 8.71. The summed E-state index contributed by atoms with van der Waals surface area (Å²) in [5.74, 6) is 0.600. The molecule has 1 aliphatic heterocycles. The Morgan fingerprint density at radius 1 is 0.929 bits per heavy atom. The highest BCUT2D eigenvalue weighted by Gasteiger charge is 2.43. The Bertz CT molecular complexity index is 787. The highest BCUT2D eigenvalue weighted by atomic mass is 16.5. The number of aliphatic hydroxyl groups is 4. The van der Waals surface area contributed by atoms with E-state index in [1.54, 1.807) is 48.5 Å². The molecule has 0 aliphatic carbocycles. The van der Waals surface area contributed by atoms with E-state index in [1.807, 2.05) is 0 Å². The lowest BCUT2D eigenvalue weighted by Crippen LogP contribution is -2.55. The molecule has 0 bridgehead atoms. The molecule has 1 fully saturated rings. The zero-order valence-corrected chi connectivity index (χ0v) is 15.1. The fourth-order valence-electron chi connectivity index (χ4n) is 3.02. The van der Waals surface area contributed by atoms with Gasteiger partial charge in [-0.1, -0.05) is 12.1 Å². The molecule has 0 saturated carbocycles. The molecule has 1 heterocycles. The molecule has 3 rings (SSSR count). The molecule has 0 amide bonds. The Balaban J connectivity index is 1.70. The van der Waals surface area contributed by atoms with Crippen LogP contribution in [0.4, 0.5) is 0 Å².